The van der Waals surface area contributed by atoms with Crippen LogP contribution in [-0.4, -0.2) is 71.2 Å². The van der Waals surface area contributed by atoms with Crippen LogP contribution in [0.1, 0.15) is 48.4 Å². The van der Waals surface area contributed by atoms with Gasteiger partial charge >= 0.3 is 6.18 Å². The molecular weight excluding hydrogens is 401 g/mol. The highest BCUT2D eigenvalue weighted by atomic mass is 19.4. The lowest BCUT2D eigenvalue weighted by molar-refractivity contribution is -0.155. The Hall–Kier alpha value is -2.10. The summed E-state index contributed by atoms with van der Waals surface area (Å²) in [7, 11) is 0. The molecule has 4 rings (SSSR count). The van der Waals surface area contributed by atoms with Crippen molar-refractivity contribution >= 4 is 11.8 Å². The number of rotatable bonds is 5. The van der Waals surface area contributed by atoms with Gasteiger partial charge in [0.25, 0.3) is 5.91 Å². The van der Waals surface area contributed by atoms with Crippen LogP contribution in [0.2, 0.25) is 0 Å². The summed E-state index contributed by atoms with van der Waals surface area (Å²) in [6.45, 7) is 3.05. The van der Waals surface area contributed by atoms with E-state index in [0.29, 0.717) is 25.2 Å². The molecule has 3 aliphatic rings. The molecule has 10 heteroatoms. The van der Waals surface area contributed by atoms with Gasteiger partial charge < -0.3 is 19.6 Å². The Kier molecular flexibility index (Phi) is 5.78. The van der Waals surface area contributed by atoms with Crippen LogP contribution < -0.4 is 5.32 Å². The summed E-state index contributed by atoms with van der Waals surface area (Å²) in [5, 5.41) is 6.56. The fourth-order valence-corrected chi connectivity index (χ4v) is 5.36. The third-order valence-electron chi connectivity index (χ3n) is 6.61. The van der Waals surface area contributed by atoms with Crippen LogP contribution >= 0.6 is 0 Å². The average Bonchev–Trinajstić information content (AvgIpc) is 3.12. The zero-order valence-electron chi connectivity index (χ0n) is 17.0. The Morgan fingerprint density at radius 3 is 2.80 bits per heavy atom. The number of piperidine rings is 3. The smallest absolute Gasteiger partial charge is 0.351 e. The molecule has 30 heavy (non-hydrogen) atoms. The predicted octanol–water partition coefficient (Wildman–Crippen LogP) is 2.37. The molecule has 3 aliphatic heterocycles. The molecule has 2 amide bonds. The molecule has 4 atom stereocenters. The van der Waals surface area contributed by atoms with Gasteiger partial charge in [0.2, 0.25) is 11.7 Å². The second-order valence-corrected chi connectivity index (χ2v) is 8.75. The number of hydrogen-bond donors (Lipinski definition) is 1. The lowest BCUT2D eigenvalue weighted by atomic mass is 9.72. The molecule has 1 N–H and O–H groups in total. The van der Waals surface area contributed by atoms with Crippen molar-refractivity contribution in [1.82, 2.24) is 20.3 Å². The molecule has 0 saturated carbocycles. The number of halogens is 3. The monoisotopic (exact) mass is 428 g/mol. The molecule has 7 nitrogen and oxygen atoms in total. The number of aryl methyl sites for hydroxylation is 1. The van der Waals surface area contributed by atoms with Crippen molar-refractivity contribution in [1.29, 1.82) is 0 Å². The van der Waals surface area contributed by atoms with Crippen molar-refractivity contribution in [2.75, 3.05) is 26.2 Å². The third-order valence-corrected chi connectivity index (χ3v) is 6.61. The largest absolute Gasteiger partial charge is 0.390 e. The average molecular weight is 428 g/mol. The van der Waals surface area contributed by atoms with E-state index in [1.807, 2.05) is 9.80 Å². The third kappa shape index (κ3) is 4.48. The van der Waals surface area contributed by atoms with Crippen molar-refractivity contribution < 1.29 is 27.3 Å². The van der Waals surface area contributed by atoms with Gasteiger partial charge in [-0.3, -0.25) is 9.59 Å². The molecule has 0 aliphatic carbocycles. The number of amides is 2. The summed E-state index contributed by atoms with van der Waals surface area (Å²) in [5.74, 6) is 0.0122. The number of fused-ring (bicyclic) bond motifs is 4. The second-order valence-electron chi connectivity index (χ2n) is 8.75. The number of nitrogens with one attached hydrogen (secondary N) is 1. The van der Waals surface area contributed by atoms with E-state index in [9.17, 15) is 22.8 Å². The molecule has 1 aromatic heterocycles. The summed E-state index contributed by atoms with van der Waals surface area (Å²) in [5.41, 5.74) is 0.597. The topological polar surface area (TPSA) is 78.7 Å². The van der Waals surface area contributed by atoms with E-state index in [0.717, 1.165) is 19.3 Å². The Balaban J connectivity index is 1.48. The quantitative estimate of drug-likeness (QED) is 0.779. The van der Waals surface area contributed by atoms with Crippen LogP contribution in [0.5, 0.6) is 0 Å². The normalized spacial score (nSPS) is 29.6. The number of alkyl halides is 3. The van der Waals surface area contributed by atoms with Gasteiger partial charge in [0, 0.05) is 44.7 Å². The van der Waals surface area contributed by atoms with E-state index < -0.39 is 18.5 Å². The maximum Gasteiger partial charge on any atom is 0.390 e. The Morgan fingerprint density at radius 1 is 1.33 bits per heavy atom. The first-order valence-corrected chi connectivity index (χ1v) is 10.5. The van der Waals surface area contributed by atoms with Gasteiger partial charge in [-0.2, -0.15) is 13.2 Å². The van der Waals surface area contributed by atoms with Gasteiger partial charge in [-0.1, -0.05) is 5.16 Å². The zero-order chi connectivity index (χ0) is 21.5. The molecule has 4 heterocycles. The SMILES string of the molecule is Cc1cc(C(=O)NC[C@H]2[C@H]3C[C@H](CN(CCC(F)(F)F)C3)[C@@H]3CCCC(=O)N32)on1. The maximum atomic E-state index is 12.7. The van der Waals surface area contributed by atoms with Crippen LogP contribution in [-0.2, 0) is 4.79 Å². The zero-order valence-corrected chi connectivity index (χ0v) is 17.0. The van der Waals surface area contributed by atoms with Gasteiger partial charge in [-0.25, -0.2) is 0 Å². The summed E-state index contributed by atoms with van der Waals surface area (Å²) in [6, 6.07) is 1.35. The molecule has 2 bridgehead atoms. The van der Waals surface area contributed by atoms with Crippen molar-refractivity contribution in [3.05, 3.63) is 17.5 Å². The van der Waals surface area contributed by atoms with Crippen molar-refractivity contribution in [2.24, 2.45) is 11.8 Å². The number of carbonyl (C=O) groups is 2. The number of likely N-dealkylation sites (tertiary alicyclic amines) is 1. The number of hydrogen-bond acceptors (Lipinski definition) is 5. The van der Waals surface area contributed by atoms with Crippen molar-refractivity contribution in [3.8, 4) is 0 Å². The van der Waals surface area contributed by atoms with Crippen molar-refractivity contribution in [3.63, 3.8) is 0 Å². The van der Waals surface area contributed by atoms with Gasteiger partial charge in [0.15, 0.2) is 0 Å². The van der Waals surface area contributed by atoms with Crippen LogP contribution in [0.3, 0.4) is 0 Å². The lowest BCUT2D eigenvalue weighted by Gasteiger charge is -2.56. The van der Waals surface area contributed by atoms with Crippen molar-refractivity contribution in [2.45, 2.75) is 57.3 Å². The molecule has 0 spiro atoms. The number of aromatic nitrogens is 1. The first-order chi connectivity index (χ1) is 14.2. The number of carbonyl (C=O) groups excluding carboxylic acids is 2. The highest BCUT2D eigenvalue weighted by molar-refractivity contribution is 5.91. The first kappa shape index (κ1) is 21.1. The first-order valence-electron chi connectivity index (χ1n) is 10.5. The van der Waals surface area contributed by atoms with Gasteiger partial charge in [-0.05, 0) is 38.0 Å². The summed E-state index contributed by atoms with van der Waals surface area (Å²) >= 11 is 0. The molecule has 1 aromatic rings. The van der Waals surface area contributed by atoms with E-state index >= 15 is 0 Å². The fourth-order valence-electron chi connectivity index (χ4n) is 5.36. The highest BCUT2D eigenvalue weighted by Gasteiger charge is 2.49. The van der Waals surface area contributed by atoms with Gasteiger partial charge in [0.05, 0.1) is 18.2 Å². The van der Waals surface area contributed by atoms with Crippen LogP contribution in [0.25, 0.3) is 0 Å². The van der Waals surface area contributed by atoms with E-state index in [1.54, 1.807) is 13.0 Å². The Bertz CT molecular complexity index is 797. The standard InChI is InChI=1S/C20H27F3N4O3/c1-12-7-17(30-25-12)19(29)24-9-16-14-8-13(15-3-2-4-18(28)27(15)16)10-26(11-14)6-5-20(21,22)23/h7,13-16H,2-6,8-11H2,1H3,(H,24,29)/t13-,14+,15+,16+/m1/s1. The maximum absolute atomic E-state index is 12.7. The second kappa shape index (κ2) is 8.20. The molecule has 3 fully saturated rings. The Morgan fingerprint density at radius 2 is 2.10 bits per heavy atom. The lowest BCUT2D eigenvalue weighted by Crippen LogP contribution is -2.67. The van der Waals surface area contributed by atoms with E-state index in [2.05, 4.69) is 10.5 Å². The van der Waals surface area contributed by atoms with Gasteiger partial charge in [-0.15, -0.1) is 0 Å². The van der Waals surface area contributed by atoms with Crippen LogP contribution in [0.15, 0.2) is 10.6 Å². The minimum absolute atomic E-state index is 0.0203. The minimum atomic E-state index is -4.18. The fraction of sp³-hybridized carbons (Fsp3) is 0.750. The predicted molar refractivity (Wildman–Crippen MR) is 101 cm³/mol. The van der Waals surface area contributed by atoms with E-state index in [-0.39, 0.29) is 48.7 Å². The molecule has 166 valence electrons. The van der Waals surface area contributed by atoms with E-state index in [4.69, 9.17) is 4.52 Å². The van der Waals surface area contributed by atoms with E-state index in [1.165, 1.54) is 0 Å². The summed E-state index contributed by atoms with van der Waals surface area (Å²) in [4.78, 5) is 29.0. The molecule has 0 radical (unpaired) electrons. The van der Waals surface area contributed by atoms with Gasteiger partial charge in [0.1, 0.15) is 0 Å². The summed E-state index contributed by atoms with van der Waals surface area (Å²) in [6.07, 6.45) is -1.98. The number of nitrogens with zero attached hydrogens (tertiary/aromatic N) is 3. The Labute approximate surface area is 172 Å². The molecule has 0 aromatic carbocycles. The molecule has 0 unspecified atom stereocenters. The molecule has 3 saturated heterocycles. The van der Waals surface area contributed by atoms with Crippen LogP contribution in [0, 0.1) is 18.8 Å². The minimum Gasteiger partial charge on any atom is -0.351 e. The van der Waals surface area contributed by atoms with Crippen LogP contribution in [0.4, 0.5) is 13.2 Å². The highest BCUT2D eigenvalue weighted by Crippen LogP contribution is 2.41. The molecular formula is C20H27F3N4O3. The summed E-state index contributed by atoms with van der Waals surface area (Å²) < 4.78 is 43.2.